The van der Waals surface area contributed by atoms with Gasteiger partial charge in [0.1, 0.15) is 11.8 Å². The van der Waals surface area contributed by atoms with Gasteiger partial charge in [0.2, 0.25) is 0 Å². The lowest BCUT2D eigenvalue weighted by atomic mass is 9.94. The molecule has 0 bridgehead atoms. The number of rotatable bonds is 3. The Bertz CT molecular complexity index is 247. The molecule has 1 aliphatic rings. The van der Waals surface area contributed by atoms with Crippen molar-refractivity contribution in [2.75, 3.05) is 19.6 Å². The van der Waals surface area contributed by atoms with E-state index in [2.05, 4.69) is 0 Å². The second kappa shape index (κ2) is 4.99. The minimum atomic E-state index is -0.953. The first-order valence-corrected chi connectivity index (χ1v) is 5.64. The largest absolute Gasteiger partial charge is 0.444 e. The monoisotopic (exact) mass is 232 g/mol. The van der Waals surface area contributed by atoms with Gasteiger partial charge in [0.05, 0.1) is 0 Å². The van der Waals surface area contributed by atoms with Crippen LogP contribution in [-0.4, -0.2) is 42.4 Å². The summed E-state index contributed by atoms with van der Waals surface area (Å²) < 4.78 is 18.1. The summed E-state index contributed by atoms with van der Waals surface area (Å²) >= 11 is 0. The Balaban J connectivity index is 2.23. The molecular formula is C11H21FN2O2. The molecule has 5 heteroatoms. The average molecular weight is 232 g/mol. The predicted octanol–water partition coefficient (Wildman–Crippen LogP) is 1.54. The molecule has 1 aliphatic heterocycles. The summed E-state index contributed by atoms with van der Waals surface area (Å²) in [6.45, 7) is 6.70. The Kier molecular flexibility index (Phi) is 4.13. The number of ether oxygens (including phenoxy) is 1. The van der Waals surface area contributed by atoms with Crippen molar-refractivity contribution in [3.63, 3.8) is 0 Å². The van der Waals surface area contributed by atoms with Crippen LogP contribution in [0.15, 0.2) is 0 Å². The number of amides is 1. The SMILES string of the molecule is CC(C)(C)OC(=O)N1CC(CC(F)CN)C1. The van der Waals surface area contributed by atoms with Crippen molar-refractivity contribution in [1.82, 2.24) is 4.90 Å². The third kappa shape index (κ3) is 3.96. The highest BCUT2D eigenvalue weighted by molar-refractivity contribution is 5.69. The minimum Gasteiger partial charge on any atom is -0.444 e. The van der Waals surface area contributed by atoms with E-state index >= 15 is 0 Å². The lowest BCUT2D eigenvalue weighted by molar-refractivity contribution is -0.00530. The molecule has 1 saturated heterocycles. The van der Waals surface area contributed by atoms with E-state index in [0.29, 0.717) is 19.5 Å². The van der Waals surface area contributed by atoms with Crippen LogP contribution in [0.5, 0.6) is 0 Å². The number of hydrogen-bond donors (Lipinski definition) is 1. The molecule has 1 amide bonds. The molecule has 0 aliphatic carbocycles. The second-order valence-electron chi connectivity index (χ2n) is 5.32. The van der Waals surface area contributed by atoms with E-state index in [9.17, 15) is 9.18 Å². The highest BCUT2D eigenvalue weighted by Gasteiger charge is 2.34. The van der Waals surface area contributed by atoms with Crippen LogP contribution in [0.4, 0.5) is 9.18 Å². The molecule has 0 aromatic rings. The fraction of sp³-hybridized carbons (Fsp3) is 0.909. The van der Waals surface area contributed by atoms with Crippen LogP contribution in [0.3, 0.4) is 0 Å². The Labute approximate surface area is 95.9 Å². The number of hydrogen-bond acceptors (Lipinski definition) is 3. The van der Waals surface area contributed by atoms with E-state index in [1.165, 1.54) is 0 Å². The van der Waals surface area contributed by atoms with Crippen molar-refractivity contribution >= 4 is 6.09 Å². The zero-order chi connectivity index (χ0) is 12.3. The highest BCUT2D eigenvalue weighted by Crippen LogP contribution is 2.23. The molecule has 0 aromatic carbocycles. The maximum Gasteiger partial charge on any atom is 0.410 e. The molecule has 2 N–H and O–H groups in total. The van der Waals surface area contributed by atoms with Crippen molar-refractivity contribution < 1.29 is 13.9 Å². The van der Waals surface area contributed by atoms with Crippen molar-refractivity contribution in [2.45, 2.75) is 39.0 Å². The molecule has 94 valence electrons. The van der Waals surface area contributed by atoms with Gasteiger partial charge in [-0.1, -0.05) is 0 Å². The van der Waals surface area contributed by atoms with Crippen LogP contribution in [0.1, 0.15) is 27.2 Å². The summed E-state index contributed by atoms with van der Waals surface area (Å²) in [5, 5.41) is 0. The van der Waals surface area contributed by atoms with Gasteiger partial charge in [-0.2, -0.15) is 0 Å². The third-order valence-corrected chi connectivity index (χ3v) is 2.45. The summed E-state index contributed by atoms with van der Waals surface area (Å²) in [5.74, 6) is 0.228. The van der Waals surface area contributed by atoms with Gasteiger partial charge in [-0.05, 0) is 33.1 Å². The molecule has 0 spiro atoms. The normalized spacial score (nSPS) is 19.2. The second-order valence-corrected chi connectivity index (χ2v) is 5.32. The van der Waals surface area contributed by atoms with E-state index in [-0.39, 0.29) is 18.6 Å². The first kappa shape index (κ1) is 13.2. The number of carbonyl (C=O) groups is 1. The Morgan fingerprint density at radius 2 is 2.12 bits per heavy atom. The Morgan fingerprint density at radius 1 is 1.56 bits per heavy atom. The van der Waals surface area contributed by atoms with Gasteiger partial charge in [-0.3, -0.25) is 0 Å². The molecule has 1 unspecified atom stereocenters. The zero-order valence-corrected chi connectivity index (χ0v) is 10.2. The number of likely N-dealkylation sites (tertiary alicyclic amines) is 1. The molecule has 1 atom stereocenters. The van der Waals surface area contributed by atoms with Crippen LogP contribution < -0.4 is 5.73 Å². The Morgan fingerprint density at radius 3 is 2.56 bits per heavy atom. The van der Waals surface area contributed by atoms with Crippen LogP contribution in [0, 0.1) is 5.92 Å². The van der Waals surface area contributed by atoms with E-state index in [1.54, 1.807) is 4.90 Å². The van der Waals surface area contributed by atoms with Gasteiger partial charge < -0.3 is 15.4 Å². The molecule has 0 saturated carbocycles. The van der Waals surface area contributed by atoms with Crippen LogP contribution >= 0.6 is 0 Å². The van der Waals surface area contributed by atoms with E-state index in [1.807, 2.05) is 20.8 Å². The zero-order valence-electron chi connectivity index (χ0n) is 10.2. The predicted molar refractivity (Wildman–Crippen MR) is 59.9 cm³/mol. The Hall–Kier alpha value is -0.840. The summed E-state index contributed by atoms with van der Waals surface area (Å²) in [5.41, 5.74) is 4.73. The molecule has 0 aromatic heterocycles. The summed E-state index contributed by atoms with van der Waals surface area (Å²) in [6, 6.07) is 0. The molecule has 0 radical (unpaired) electrons. The number of carbonyl (C=O) groups excluding carboxylic acids is 1. The topological polar surface area (TPSA) is 55.6 Å². The molecule has 16 heavy (non-hydrogen) atoms. The van der Waals surface area contributed by atoms with Gasteiger partial charge in [0.25, 0.3) is 0 Å². The number of alkyl halides is 1. The first-order chi connectivity index (χ1) is 7.31. The molecule has 1 rings (SSSR count). The number of nitrogens with zero attached hydrogens (tertiary/aromatic N) is 1. The summed E-state index contributed by atoms with van der Waals surface area (Å²) in [6.07, 6.45) is -0.826. The molecule has 1 fully saturated rings. The van der Waals surface area contributed by atoms with E-state index < -0.39 is 11.8 Å². The smallest absolute Gasteiger partial charge is 0.410 e. The fourth-order valence-electron chi connectivity index (χ4n) is 1.65. The van der Waals surface area contributed by atoms with Gasteiger partial charge in [-0.25, -0.2) is 9.18 Å². The van der Waals surface area contributed by atoms with Crippen LogP contribution in [0.25, 0.3) is 0 Å². The molecule has 4 nitrogen and oxygen atoms in total. The van der Waals surface area contributed by atoms with Crippen molar-refractivity contribution in [1.29, 1.82) is 0 Å². The first-order valence-electron chi connectivity index (χ1n) is 5.64. The van der Waals surface area contributed by atoms with Crippen molar-refractivity contribution in [3.8, 4) is 0 Å². The molecule has 1 heterocycles. The fourth-order valence-corrected chi connectivity index (χ4v) is 1.65. The maximum atomic E-state index is 12.9. The minimum absolute atomic E-state index is 0.0585. The van der Waals surface area contributed by atoms with Gasteiger partial charge in [-0.15, -0.1) is 0 Å². The van der Waals surface area contributed by atoms with Gasteiger partial charge in [0.15, 0.2) is 0 Å². The lowest BCUT2D eigenvalue weighted by Crippen LogP contribution is -2.52. The van der Waals surface area contributed by atoms with Gasteiger partial charge in [0, 0.05) is 19.6 Å². The van der Waals surface area contributed by atoms with Crippen molar-refractivity contribution in [3.05, 3.63) is 0 Å². The summed E-state index contributed by atoms with van der Waals surface area (Å²) in [4.78, 5) is 13.1. The van der Waals surface area contributed by atoms with Crippen molar-refractivity contribution in [2.24, 2.45) is 11.7 Å². The highest BCUT2D eigenvalue weighted by atomic mass is 19.1. The lowest BCUT2D eigenvalue weighted by Gasteiger charge is -2.40. The quantitative estimate of drug-likeness (QED) is 0.803. The third-order valence-electron chi connectivity index (χ3n) is 2.45. The standard InChI is InChI=1S/C11H21FN2O2/c1-11(2,3)16-10(15)14-6-8(7-14)4-9(12)5-13/h8-9H,4-7,13H2,1-3H3. The maximum absolute atomic E-state index is 12.9. The van der Waals surface area contributed by atoms with Crippen LogP contribution in [0.2, 0.25) is 0 Å². The van der Waals surface area contributed by atoms with Crippen LogP contribution in [-0.2, 0) is 4.74 Å². The average Bonchev–Trinajstić information content (AvgIpc) is 2.06. The summed E-state index contributed by atoms with van der Waals surface area (Å²) in [7, 11) is 0. The van der Waals surface area contributed by atoms with E-state index in [0.717, 1.165) is 0 Å². The molecular weight excluding hydrogens is 211 g/mol. The number of halogens is 1. The number of nitrogens with two attached hydrogens (primary N) is 1. The van der Waals surface area contributed by atoms with E-state index in [4.69, 9.17) is 10.5 Å². The van der Waals surface area contributed by atoms with Gasteiger partial charge >= 0.3 is 6.09 Å².